The highest BCUT2D eigenvalue weighted by molar-refractivity contribution is 5.96. The summed E-state index contributed by atoms with van der Waals surface area (Å²) in [6.45, 7) is 8.59. The van der Waals surface area contributed by atoms with Gasteiger partial charge in [0.05, 0.1) is 13.2 Å². The lowest BCUT2D eigenvalue weighted by atomic mass is 10.1. The number of hydrogen-bond donors (Lipinski definition) is 1. The van der Waals surface area contributed by atoms with Crippen LogP contribution in [0.2, 0.25) is 0 Å². The molecule has 0 aliphatic carbocycles. The van der Waals surface area contributed by atoms with Crippen LogP contribution in [0.25, 0.3) is 0 Å². The van der Waals surface area contributed by atoms with E-state index in [1.807, 2.05) is 11.8 Å². The number of aryl methyl sites for hydroxylation is 1. The highest BCUT2D eigenvalue weighted by Crippen LogP contribution is 2.13. The molecule has 0 radical (unpaired) electrons. The Morgan fingerprint density at radius 2 is 1.69 bits per heavy atom. The molecular formula is C23H29N3O3. The van der Waals surface area contributed by atoms with Crippen LogP contribution < -0.4 is 10.1 Å². The van der Waals surface area contributed by atoms with Crippen molar-refractivity contribution in [2.24, 2.45) is 0 Å². The van der Waals surface area contributed by atoms with Crippen LogP contribution in [0, 0.1) is 6.92 Å². The molecule has 2 aromatic carbocycles. The lowest BCUT2D eigenvalue weighted by Crippen LogP contribution is -2.50. The molecule has 1 fully saturated rings. The van der Waals surface area contributed by atoms with Crippen LogP contribution in [0.4, 0.5) is 0 Å². The van der Waals surface area contributed by atoms with E-state index in [9.17, 15) is 9.59 Å². The van der Waals surface area contributed by atoms with E-state index in [0.29, 0.717) is 25.3 Å². The predicted molar refractivity (Wildman–Crippen MR) is 113 cm³/mol. The fourth-order valence-electron chi connectivity index (χ4n) is 3.42. The van der Waals surface area contributed by atoms with Gasteiger partial charge in [-0.3, -0.25) is 14.5 Å². The minimum absolute atomic E-state index is 0.0177. The molecule has 1 N–H and O–H groups in total. The third-order valence-corrected chi connectivity index (χ3v) is 5.21. The Kier molecular flexibility index (Phi) is 7.25. The van der Waals surface area contributed by atoms with Gasteiger partial charge in [0, 0.05) is 38.3 Å². The normalized spacial score (nSPS) is 14.5. The SMILES string of the molecule is CCOc1ccc(C(=O)NCC(=O)N2CCN(Cc3ccccc3C)CC2)cc1. The van der Waals surface area contributed by atoms with E-state index in [4.69, 9.17) is 4.74 Å². The molecule has 154 valence electrons. The molecule has 6 nitrogen and oxygen atoms in total. The number of nitrogens with one attached hydrogen (secondary N) is 1. The van der Waals surface area contributed by atoms with Gasteiger partial charge in [-0.25, -0.2) is 0 Å². The van der Waals surface area contributed by atoms with E-state index in [1.54, 1.807) is 24.3 Å². The maximum absolute atomic E-state index is 12.5. The molecule has 6 heteroatoms. The van der Waals surface area contributed by atoms with E-state index in [1.165, 1.54) is 11.1 Å². The van der Waals surface area contributed by atoms with Gasteiger partial charge in [0.15, 0.2) is 0 Å². The second-order valence-corrected chi connectivity index (χ2v) is 7.22. The first-order chi connectivity index (χ1) is 14.1. The average Bonchev–Trinajstić information content (AvgIpc) is 2.75. The lowest BCUT2D eigenvalue weighted by Gasteiger charge is -2.35. The number of nitrogens with zero attached hydrogens (tertiary/aromatic N) is 2. The molecule has 1 heterocycles. The Labute approximate surface area is 172 Å². The first-order valence-corrected chi connectivity index (χ1v) is 10.1. The summed E-state index contributed by atoms with van der Waals surface area (Å²) < 4.78 is 5.37. The molecule has 2 amide bonds. The molecule has 1 saturated heterocycles. The second kappa shape index (κ2) is 10.1. The summed E-state index contributed by atoms with van der Waals surface area (Å²) in [5, 5.41) is 2.72. The van der Waals surface area contributed by atoms with Gasteiger partial charge in [0.1, 0.15) is 5.75 Å². The van der Waals surface area contributed by atoms with Crippen LogP contribution in [0.1, 0.15) is 28.4 Å². The Morgan fingerprint density at radius 1 is 1.00 bits per heavy atom. The third kappa shape index (κ3) is 5.81. The first kappa shape index (κ1) is 20.9. The summed E-state index contributed by atoms with van der Waals surface area (Å²) in [6.07, 6.45) is 0. The molecule has 0 bridgehead atoms. The minimum Gasteiger partial charge on any atom is -0.494 e. The second-order valence-electron chi connectivity index (χ2n) is 7.22. The quantitative estimate of drug-likeness (QED) is 0.782. The van der Waals surface area contributed by atoms with Gasteiger partial charge in [-0.05, 0) is 49.2 Å². The van der Waals surface area contributed by atoms with Crippen molar-refractivity contribution in [1.29, 1.82) is 0 Å². The van der Waals surface area contributed by atoms with Crippen molar-refractivity contribution in [2.45, 2.75) is 20.4 Å². The van der Waals surface area contributed by atoms with E-state index in [-0.39, 0.29) is 18.4 Å². The Balaban J connectivity index is 1.42. The zero-order valence-electron chi connectivity index (χ0n) is 17.2. The van der Waals surface area contributed by atoms with Crippen molar-refractivity contribution in [2.75, 3.05) is 39.3 Å². The highest BCUT2D eigenvalue weighted by atomic mass is 16.5. The van der Waals surface area contributed by atoms with Gasteiger partial charge in [0.2, 0.25) is 5.91 Å². The Bertz CT molecular complexity index is 828. The lowest BCUT2D eigenvalue weighted by molar-refractivity contribution is -0.131. The summed E-state index contributed by atoms with van der Waals surface area (Å²) >= 11 is 0. The third-order valence-electron chi connectivity index (χ3n) is 5.21. The largest absolute Gasteiger partial charge is 0.494 e. The number of ether oxygens (including phenoxy) is 1. The van der Waals surface area contributed by atoms with Crippen LogP contribution in [0.15, 0.2) is 48.5 Å². The minimum atomic E-state index is -0.250. The first-order valence-electron chi connectivity index (χ1n) is 10.1. The van der Waals surface area contributed by atoms with Crippen molar-refractivity contribution in [1.82, 2.24) is 15.1 Å². The van der Waals surface area contributed by atoms with Crippen LogP contribution >= 0.6 is 0 Å². The molecule has 1 aliphatic rings. The van der Waals surface area contributed by atoms with Gasteiger partial charge < -0.3 is 15.0 Å². The summed E-state index contributed by atoms with van der Waals surface area (Å²) in [7, 11) is 0. The van der Waals surface area contributed by atoms with Crippen LogP contribution in [-0.2, 0) is 11.3 Å². The molecule has 1 aliphatic heterocycles. The van der Waals surface area contributed by atoms with Gasteiger partial charge in [-0.2, -0.15) is 0 Å². The summed E-state index contributed by atoms with van der Waals surface area (Å²) in [5.41, 5.74) is 3.14. The summed E-state index contributed by atoms with van der Waals surface area (Å²) in [4.78, 5) is 28.9. The Hall–Kier alpha value is -2.86. The van der Waals surface area contributed by atoms with Crippen LogP contribution in [-0.4, -0.2) is 60.9 Å². The number of hydrogen-bond acceptors (Lipinski definition) is 4. The fraction of sp³-hybridized carbons (Fsp3) is 0.391. The number of carbonyl (C=O) groups is 2. The smallest absolute Gasteiger partial charge is 0.251 e. The molecule has 0 saturated carbocycles. The molecule has 0 spiro atoms. The predicted octanol–water partition coefficient (Wildman–Crippen LogP) is 2.47. The van der Waals surface area contributed by atoms with E-state index < -0.39 is 0 Å². The molecule has 0 unspecified atom stereocenters. The summed E-state index contributed by atoms with van der Waals surface area (Å²) in [5.74, 6) is 0.433. The van der Waals surface area contributed by atoms with Crippen molar-refractivity contribution >= 4 is 11.8 Å². The average molecular weight is 396 g/mol. The van der Waals surface area contributed by atoms with Gasteiger partial charge >= 0.3 is 0 Å². The topological polar surface area (TPSA) is 61.9 Å². The van der Waals surface area contributed by atoms with Gasteiger partial charge in [-0.15, -0.1) is 0 Å². The molecule has 0 atom stereocenters. The maximum atomic E-state index is 12.5. The van der Waals surface area contributed by atoms with Crippen molar-refractivity contribution in [3.8, 4) is 5.75 Å². The molecule has 0 aromatic heterocycles. The molecule has 29 heavy (non-hydrogen) atoms. The van der Waals surface area contributed by atoms with Gasteiger partial charge in [-0.1, -0.05) is 24.3 Å². The number of piperazine rings is 1. The number of amides is 2. The van der Waals surface area contributed by atoms with Crippen molar-refractivity contribution in [3.63, 3.8) is 0 Å². The Morgan fingerprint density at radius 3 is 2.34 bits per heavy atom. The van der Waals surface area contributed by atoms with Gasteiger partial charge in [0.25, 0.3) is 5.91 Å². The van der Waals surface area contributed by atoms with Crippen LogP contribution in [0.5, 0.6) is 5.75 Å². The van der Waals surface area contributed by atoms with Crippen LogP contribution in [0.3, 0.4) is 0 Å². The molecule has 3 rings (SSSR count). The zero-order valence-corrected chi connectivity index (χ0v) is 17.2. The molecular weight excluding hydrogens is 366 g/mol. The van der Waals surface area contributed by atoms with Crippen molar-refractivity contribution in [3.05, 3.63) is 65.2 Å². The van der Waals surface area contributed by atoms with E-state index in [0.717, 1.165) is 25.4 Å². The summed E-state index contributed by atoms with van der Waals surface area (Å²) in [6, 6.07) is 15.3. The molecule has 2 aromatic rings. The highest BCUT2D eigenvalue weighted by Gasteiger charge is 2.21. The monoisotopic (exact) mass is 395 g/mol. The standard InChI is InChI=1S/C23H29N3O3/c1-3-29-21-10-8-19(9-11-21)23(28)24-16-22(27)26-14-12-25(13-15-26)17-20-7-5-4-6-18(20)2/h4-11H,3,12-17H2,1-2H3,(H,24,28). The maximum Gasteiger partial charge on any atom is 0.251 e. The van der Waals surface area contributed by atoms with E-state index >= 15 is 0 Å². The number of benzene rings is 2. The number of rotatable bonds is 7. The number of carbonyl (C=O) groups excluding carboxylic acids is 2. The van der Waals surface area contributed by atoms with Crippen molar-refractivity contribution < 1.29 is 14.3 Å². The zero-order chi connectivity index (χ0) is 20.6. The van der Waals surface area contributed by atoms with E-state index in [2.05, 4.69) is 41.4 Å². The fourth-order valence-corrected chi connectivity index (χ4v) is 3.42.